The molecule has 2 aromatic rings. The van der Waals surface area contributed by atoms with Gasteiger partial charge in [-0.1, -0.05) is 0 Å². The largest absolute Gasteiger partial charge is 0.474 e. The molecule has 156 valence electrons. The number of ether oxygens (including phenoxy) is 2. The summed E-state index contributed by atoms with van der Waals surface area (Å²) in [6.07, 6.45) is 5.32. The Kier molecular flexibility index (Phi) is 7.13. The molecule has 1 amide bonds. The third-order valence-corrected chi connectivity index (χ3v) is 6.53. The molecule has 0 atom stereocenters. The van der Waals surface area contributed by atoms with Crippen LogP contribution in [0.3, 0.4) is 0 Å². The lowest BCUT2D eigenvalue weighted by atomic mass is 9.97. The molecule has 0 bridgehead atoms. The molecule has 1 saturated heterocycles. The molecule has 0 radical (unpaired) electrons. The van der Waals surface area contributed by atoms with E-state index in [-0.39, 0.29) is 29.8 Å². The van der Waals surface area contributed by atoms with E-state index in [4.69, 9.17) is 9.47 Å². The quantitative estimate of drug-likeness (QED) is 0.645. The maximum Gasteiger partial charge on any atom is 0.244 e. The third-order valence-electron chi connectivity index (χ3n) is 4.65. The standard InChI is InChI=1S/C19H24N4O5S/c1-27-12-13-28-19-17(5-3-9-21-19)22-18(24)15-6-10-23(11-7-15)29(25,26)16-4-2-8-20-14-16/h2-5,8-9,14-15H,6-7,10-13H2,1H3,(H,22,24). The summed E-state index contributed by atoms with van der Waals surface area (Å²) in [6.45, 7) is 1.29. The zero-order valence-electron chi connectivity index (χ0n) is 16.2. The zero-order valence-corrected chi connectivity index (χ0v) is 17.0. The van der Waals surface area contributed by atoms with Crippen molar-refractivity contribution in [3.05, 3.63) is 42.9 Å². The van der Waals surface area contributed by atoms with E-state index in [0.717, 1.165) is 0 Å². The van der Waals surface area contributed by atoms with E-state index < -0.39 is 10.0 Å². The van der Waals surface area contributed by atoms with Crippen LogP contribution in [0.1, 0.15) is 12.8 Å². The number of rotatable bonds is 8. The number of sulfonamides is 1. The second kappa shape index (κ2) is 9.77. The van der Waals surface area contributed by atoms with Gasteiger partial charge >= 0.3 is 0 Å². The molecule has 0 saturated carbocycles. The number of nitrogens with zero attached hydrogens (tertiary/aromatic N) is 3. The van der Waals surface area contributed by atoms with Crippen molar-refractivity contribution in [2.75, 3.05) is 38.7 Å². The first kappa shape index (κ1) is 21.2. The molecular weight excluding hydrogens is 396 g/mol. The maximum atomic E-state index is 12.7. The fourth-order valence-electron chi connectivity index (χ4n) is 3.06. The number of methoxy groups -OCH3 is 1. The second-order valence-corrected chi connectivity index (χ2v) is 8.49. The van der Waals surface area contributed by atoms with Crippen molar-refractivity contribution in [3.8, 4) is 5.88 Å². The van der Waals surface area contributed by atoms with Gasteiger partial charge in [0.25, 0.3) is 0 Å². The number of carbonyl (C=O) groups excluding carboxylic acids is 1. The number of hydrogen-bond acceptors (Lipinski definition) is 7. The number of aromatic nitrogens is 2. The van der Waals surface area contributed by atoms with Crippen molar-refractivity contribution in [2.45, 2.75) is 17.7 Å². The summed E-state index contributed by atoms with van der Waals surface area (Å²) in [5.41, 5.74) is 0.485. The lowest BCUT2D eigenvalue weighted by molar-refractivity contribution is -0.120. The number of nitrogens with one attached hydrogen (secondary N) is 1. The minimum absolute atomic E-state index is 0.163. The first-order valence-corrected chi connectivity index (χ1v) is 10.7. The maximum absolute atomic E-state index is 12.7. The van der Waals surface area contributed by atoms with Crippen LogP contribution in [0.4, 0.5) is 5.69 Å². The van der Waals surface area contributed by atoms with Crippen molar-refractivity contribution in [3.63, 3.8) is 0 Å². The van der Waals surface area contributed by atoms with E-state index >= 15 is 0 Å². The van der Waals surface area contributed by atoms with Crippen molar-refractivity contribution in [1.82, 2.24) is 14.3 Å². The number of amides is 1. The average molecular weight is 420 g/mol. The van der Waals surface area contributed by atoms with E-state index in [9.17, 15) is 13.2 Å². The predicted octanol–water partition coefficient (Wildman–Crippen LogP) is 1.54. The Morgan fingerprint density at radius 3 is 2.66 bits per heavy atom. The molecule has 1 aliphatic heterocycles. The molecule has 3 rings (SSSR count). The smallest absolute Gasteiger partial charge is 0.244 e. The van der Waals surface area contributed by atoms with Gasteiger partial charge in [-0.3, -0.25) is 9.78 Å². The normalized spacial score (nSPS) is 15.8. The number of piperidine rings is 1. The van der Waals surface area contributed by atoms with Gasteiger partial charge in [-0.05, 0) is 37.1 Å². The molecule has 29 heavy (non-hydrogen) atoms. The predicted molar refractivity (Wildman–Crippen MR) is 106 cm³/mol. The van der Waals surface area contributed by atoms with Crippen molar-refractivity contribution >= 4 is 21.6 Å². The van der Waals surface area contributed by atoms with Gasteiger partial charge in [0, 0.05) is 44.7 Å². The van der Waals surface area contributed by atoms with Crippen LogP contribution in [-0.4, -0.2) is 62.0 Å². The summed E-state index contributed by atoms with van der Waals surface area (Å²) in [4.78, 5) is 20.9. The summed E-state index contributed by atoms with van der Waals surface area (Å²) in [7, 11) is -2.02. The molecule has 2 aromatic heterocycles. The molecule has 10 heteroatoms. The fraction of sp³-hybridized carbons (Fsp3) is 0.421. The Balaban J connectivity index is 1.58. The summed E-state index contributed by atoms with van der Waals surface area (Å²) < 4.78 is 37.2. The third kappa shape index (κ3) is 5.28. The monoisotopic (exact) mass is 420 g/mol. The van der Waals surface area contributed by atoms with Gasteiger partial charge in [0.2, 0.25) is 21.8 Å². The number of carbonyl (C=O) groups is 1. The van der Waals surface area contributed by atoms with Crippen LogP contribution >= 0.6 is 0 Å². The van der Waals surface area contributed by atoms with Gasteiger partial charge in [0.1, 0.15) is 17.2 Å². The van der Waals surface area contributed by atoms with Crippen LogP contribution in [0.2, 0.25) is 0 Å². The van der Waals surface area contributed by atoms with Gasteiger partial charge in [-0.15, -0.1) is 0 Å². The Morgan fingerprint density at radius 2 is 1.97 bits per heavy atom. The first-order chi connectivity index (χ1) is 14.0. The second-order valence-electron chi connectivity index (χ2n) is 6.55. The Morgan fingerprint density at radius 1 is 1.21 bits per heavy atom. The molecule has 1 aliphatic rings. The fourth-order valence-corrected chi connectivity index (χ4v) is 4.50. The van der Waals surface area contributed by atoms with Crippen LogP contribution in [0.25, 0.3) is 0 Å². The van der Waals surface area contributed by atoms with Crippen LogP contribution in [0, 0.1) is 5.92 Å². The Hall–Kier alpha value is -2.56. The molecular formula is C19H24N4O5S. The van der Waals surface area contributed by atoms with Crippen LogP contribution in [-0.2, 0) is 19.6 Å². The van der Waals surface area contributed by atoms with E-state index in [0.29, 0.717) is 37.6 Å². The van der Waals surface area contributed by atoms with Gasteiger partial charge in [-0.25, -0.2) is 13.4 Å². The van der Waals surface area contributed by atoms with E-state index in [1.807, 2.05) is 0 Å². The Labute approximate surface area is 170 Å². The summed E-state index contributed by atoms with van der Waals surface area (Å²) in [5, 5.41) is 2.85. The average Bonchev–Trinajstić information content (AvgIpc) is 2.76. The number of hydrogen-bond donors (Lipinski definition) is 1. The molecule has 1 N–H and O–H groups in total. The van der Waals surface area contributed by atoms with Gasteiger partial charge in [0.15, 0.2) is 0 Å². The first-order valence-electron chi connectivity index (χ1n) is 9.30. The SMILES string of the molecule is COCCOc1ncccc1NC(=O)C1CCN(S(=O)(=O)c2cccnc2)CC1. The highest BCUT2D eigenvalue weighted by molar-refractivity contribution is 7.89. The minimum atomic E-state index is -3.59. The number of pyridine rings is 2. The lowest BCUT2D eigenvalue weighted by Gasteiger charge is -2.30. The summed E-state index contributed by atoms with van der Waals surface area (Å²) >= 11 is 0. The summed E-state index contributed by atoms with van der Waals surface area (Å²) in [5.74, 6) is -0.134. The Bertz CT molecular complexity index is 915. The van der Waals surface area contributed by atoms with Crippen LogP contribution < -0.4 is 10.1 Å². The van der Waals surface area contributed by atoms with Crippen LogP contribution in [0.15, 0.2) is 47.8 Å². The van der Waals surface area contributed by atoms with Crippen LogP contribution in [0.5, 0.6) is 5.88 Å². The highest BCUT2D eigenvalue weighted by atomic mass is 32.2. The van der Waals surface area contributed by atoms with Crippen molar-refractivity contribution < 1.29 is 22.7 Å². The molecule has 0 aromatic carbocycles. The lowest BCUT2D eigenvalue weighted by Crippen LogP contribution is -2.41. The molecule has 9 nitrogen and oxygen atoms in total. The van der Waals surface area contributed by atoms with Crippen molar-refractivity contribution in [1.29, 1.82) is 0 Å². The molecule has 0 aliphatic carbocycles. The highest BCUT2D eigenvalue weighted by Crippen LogP contribution is 2.26. The van der Waals surface area contributed by atoms with Gasteiger partial charge in [-0.2, -0.15) is 4.31 Å². The molecule has 1 fully saturated rings. The van der Waals surface area contributed by atoms with Gasteiger partial charge < -0.3 is 14.8 Å². The van der Waals surface area contributed by atoms with Crippen molar-refractivity contribution in [2.24, 2.45) is 5.92 Å². The molecule has 0 spiro atoms. The topological polar surface area (TPSA) is 111 Å². The van der Waals surface area contributed by atoms with E-state index in [1.54, 1.807) is 31.5 Å². The minimum Gasteiger partial charge on any atom is -0.474 e. The summed E-state index contributed by atoms with van der Waals surface area (Å²) in [6, 6.07) is 6.54. The molecule has 0 unspecified atom stereocenters. The van der Waals surface area contributed by atoms with Gasteiger partial charge in [0.05, 0.1) is 6.61 Å². The number of anilines is 1. The van der Waals surface area contributed by atoms with E-state index in [2.05, 4.69) is 15.3 Å². The van der Waals surface area contributed by atoms with E-state index in [1.165, 1.54) is 22.8 Å². The zero-order chi connectivity index (χ0) is 20.7. The molecule has 3 heterocycles. The highest BCUT2D eigenvalue weighted by Gasteiger charge is 2.32.